The normalized spacial score (nSPS) is 10.4. The van der Waals surface area contributed by atoms with Crippen molar-refractivity contribution >= 4 is 53.2 Å². The van der Waals surface area contributed by atoms with Gasteiger partial charge in [-0.3, -0.25) is 4.99 Å². The van der Waals surface area contributed by atoms with Crippen molar-refractivity contribution in [1.29, 1.82) is 0 Å². The molecule has 0 atom stereocenters. The first-order valence-electron chi connectivity index (χ1n) is 10.4. The Morgan fingerprint density at radius 3 is 1.69 bits per heavy atom. The van der Waals surface area contributed by atoms with E-state index in [0.717, 1.165) is 70.3 Å². The molecule has 0 fully saturated rings. The van der Waals surface area contributed by atoms with E-state index in [2.05, 4.69) is 20.3 Å². The van der Waals surface area contributed by atoms with E-state index < -0.39 is 10.0 Å². The molecule has 0 aliphatic carbocycles. The third kappa shape index (κ3) is 18.7. The minimum atomic E-state index is -3.39. The van der Waals surface area contributed by atoms with Crippen molar-refractivity contribution in [2.75, 3.05) is 39.3 Å². The lowest BCUT2D eigenvalue weighted by atomic mass is 10.2. The highest BCUT2D eigenvalue weighted by atomic mass is 35.5. The molecule has 0 heterocycles. The first-order chi connectivity index (χ1) is 13.9. The van der Waals surface area contributed by atoms with E-state index in [0.29, 0.717) is 18.0 Å². The van der Waals surface area contributed by atoms with Gasteiger partial charge in [0.2, 0.25) is 10.0 Å². The summed E-state index contributed by atoms with van der Waals surface area (Å²) in [4.78, 5) is 4.27. The van der Waals surface area contributed by atoms with Crippen LogP contribution >= 0.6 is 37.2 Å². The van der Waals surface area contributed by atoms with E-state index in [-0.39, 0.29) is 43.2 Å². The van der Waals surface area contributed by atoms with E-state index in [1.165, 1.54) is 0 Å². The Bertz CT molecular complexity index is 687. The zero-order valence-electron chi connectivity index (χ0n) is 18.8. The van der Waals surface area contributed by atoms with Gasteiger partial charge in [0.05, 0.1) is 4.90 Å². The molecule has 0 unspecified atom stereocenters. The van der Waals surface area contributed by atoms with Crippen LogP contribution in [-0.2, 0) is 10.0 Å². The lowest BCUT2D eigenvalue weighted by Crippen LogP contribution is -2.26. The number of hydrogen-bond acceptors (Lipinski definition) is 5. The molecule has 0 bridgehead atoms. The Morgan fingerprint density at radius 2 is 1.22 bits per heavy atom. The Balaban J connectivity index is -0.00000280. The smallest absolute Gasteiger partial charge is 0.240 e. The van der Waals surface area contributed by atoms with Crippen molar-refractivity contribution in [2.24, 2.45) is 16.5 Å². The maximum atomic E-state index is 12.2. The Kier molecular flexibility index (Phi) is 24.6. The first-order valence-corrected chi connectivity index (χ1v) is 11.9. The number of unbranched alkanes of at least 4 members (excludes halogenated alkanes) is 3. The number of halogens is 3. The van der Waals surface area contributed by atoms with Crippen LogP contribution < -0.4 is 26.8 Å². The topological polar surface area (TPSA) is 135 Å². The number of nitrogens with two attached hydrogens (primary N) is 2. The summed E-state index contributed by atoms with van der Waals surface area (Å²) in [5.41, 5.74) is 11.6. The van der Waals surface area contributed by atoms with Gasteiger partial charge < -0.3 is 22.1 Å². The molecule has 8 nitrogen and oxygen atoms in total. The molecule has 1 aromatic rings. The molecule has 190 valence electrons. The number of aliphatic imine (C=N–C) groups is 1. The molecule has 7 N–H and O–H groups in total. The summed E-state index contributed by atoms with van der Waals surface area (Å²) in [6.07, 6.45) is 6.10. The summed E-state index contributed by atoms with van der Waals surface area (Å²) in [5, 5.41) is 6.83. The zero-order chi connectivity index (χ0) is 21.4. The quantitative estimate of drug-likeness (QED) is 0.118. The van der Waals surface area contributed by atoms with Crippen LogP contribution in [0.1, 0.15) is 44.1 Å². The Hall–Kier alpha value is -0.810. The van der Waals surface area contributed by atoms with E-state index >= 15 is 0 Å². The van der Waals surface area contributed by atoms with Crippen molar-refractivity contribution in [3.63, 3.8) is 0 Å². The second kappa shape index (κ2) is 22.0. The van der Waals surface area contributed by atoms with E-state index in [1.54, 1.807) is 12.1 Å². The SMILES string of the molecule is Cc1ccc(S(=O)(=O)NCCCCNCCCCNCCCCN=C(N)N)cc1.Cl.Cl.Cl. The minimum Gasteiger partial charge on any atom is -0.370 e. The lowest BCUT2D eigenvalue weighted by Gasteiger charge is -2.08. The Morgan fingerprint density at radius 1 is 0.781 bits per heavy atom. The van der Waals surface area contributed by atoms with Gasteiger partial charge in [-0.15, -0.1) is 37.2 Å². The van der Waals surface area contributed by atoms with Crippen molar-refractivity contribution < 1.29 is 8.42 Å². The molecule has 1 rings (SSSR count). The largest absolute Gasteiger partial charge is 0.370 e. The van der Waals surface area contributed by atoms with Gasteiger partial charge in [-0.1, -0.05) is 17.7 Å². The number of aryl methyl sites for hydroxylation is 1. The molecule has 1 aromatic carbocycles. The maximum absolute atomic E-state index is 12.2. The van der Waals surface area contributed by atoms with Crippen LogP contribution in [0.2, 0.25) is 0 Å². The van der Waals surface area contributed by atoms with Crippen LogP contribution in [0.5, 0.6) is 0 Å². The number of guanidine groups is 1. The summed E-state index contributed by atoms with van der Waals surface area (Å²) in [6, 6.07) is 6.90. The fourth-order valence-corrected chi connectivity index (χ4v) is 3.78. The van der Waals surface area contributed by atoms with Gasteiger partial charge >= 0.3 is 0 Å². The van der Waals surface area contributed by atoms with Gasteiger partial charge in [-0.25, -0.2) is 13.1 Å². The van der Waals surface area contributed by atoms with Gasteiger partial charge in [0.15, 0.2) is 5.96 Å². The summed E-state index contributed by atoms with van der Waals surface area (Å²) in [5.74, 6) is 0.161. The van der Waals surface area contributed by atoms with Crippen LogP contribution in [0.25, 0.3) is 0 Å². The van der Waals surface area contributed by atoms with Crippen molar-refractivity contribution in [1.82, 2.24) is 15.4 Å². The predicted octanol–water partition coefficient (Wildman–Crippen LogP) is 2.33. The second-order valence-corrected chi connectivity index (χ2v) is 8.91. The Labute approximate surface area is 212 Å². The zero-order valence-corrected chi connectivity index (χ0v) is 22.1. The minimum absolute atomic E-state index is 0. The van der Waals surface area contributed by atoms with Gasteiger partial charge in [0.1, 0.15) is 0 Å². The molecule has 0 aliphatic rings. The molecule has 0 spiro atoms. The molecule has 0 saturated carbocycles. The molecule has 0 aromatic heterocycles. The molecule has 0 saturated heterocycles. The van der Waals surface area contributed by atoms with Crippen molar-refractivity contribution in [2.45, 2.75) is 50.3 Å². The molecule has 12 heteroatoms. The number of benzene rings is 1. The molecular weight excluding hydrogens is 495 g/mol. The molecule has 0 aliphatic heterocycles. The average molecular weight is 536 g/mol. The van der Waals surface area contributed by atoms with E-state index in [1.807, 2.05) is 19.1 Å². The standard InChI is InChI=1S/C20H38N6O2S.3ClH/c1-18-8-10-19(11-9-18)29(27,28)26-17-7-5-15-24-13-3-2-12-23-14-4-6-16-25-20(21)22;;;/h8-11,23-24,26H,2-7,12-17H2,1H3,(H4,21,22,25);3*1H. The van der Waals surface area contributed by atoms with Crippen LogP contribution in [-0.4, -0.2) is 53.6 Å². The number of nitrogens with one attached hydrogen (secondary N) is 3. The van der Waals surface area contributed by atoms with Crippen molar-refractivity contribution in [3.05, 3.63) is 29.8 Å². The van der Waals surface area contributed by atoms with Crippen LogP contribution in [0.15, 0.2) is 34.2 Å². The average Bonchev–Trinajstić information content (AvgIpc) is 2.67. The van der Waals surface area contributed by atoms with Gasteiger partial charge in [0, 0.05) is 13.1 Å². The number of hydrogen-bond donors (Lipinski definition) is 5. The highest BCUT2D eigenvalue weighted by Crippen LogP contribution is 2.09. The molecule has 0 amide bonds. The molecule has 32 heavy (non-hydrogen) atoms. The third-order valence-corrected chi connectivity index (χ3v) is 5.89. The van der Waals surface area contributed by atoms with Gasteiger partial charge in [-0.2, -0.15) is 0 Å². The van der Waals surface area contributed by atoms with Gasteiger partial charge in [-0.05, 0) is 83.8 Å². The summed E-state index contributed by atoms with van der Waals surface area (Å²) in [6.45, 7) is 7.00. The van der Waals surface area contributed by atoms with Crippen LogP contribution in [0.3, 0.4) is 0 Å². The number of rotatable bonds is 17. The maximum Gasteiger partial charge on any atom is 0.240 e. The summed E-state index contributed by atoms with van der Waals surface area (Å²) in [7, 11) is -3.39. The third-order valence-electron chi connectivity index (χ3n) is 4.42. The summed E-state index contributed by atoms with van der Waals surface area (Å²) >= 11 is 0. The van der Waals surface area contributed by atoms with Crippen LogP contribution in [0.4, 0.5) is 0 Å². The fraction of sp³-hybridized carbons (Fsp3) is 0.650. The highest BCUT2D eigenvalue weighted by molar-refractivity contribution is 7.89. The number of nitrogens with zero attached hydrogens (tertiary/aromatic N) is 1. The van der Waals surface area contributed by atoms with Crippen molar-refractivity contribution in [3.8, 4) is 0 Å². The fourth-order valence-electron chi connectivity index (χ4n) is 2.70. The first kappa shape index (κ1) is 35.8. The van der Waals surface area contributed by atoms with Gasteiger partial charge in [0.25, 0.3) is 0 Å². The second-order valence-electron chi connectivity index (χ2n) is 7.14. The molecular formula is C20H41Cl3N6O2S. The summed E-state index contributed by atoms with van der Waals surface area (Å²) < 4.78 is 27.0. The van der Waals surface area contributed by atoms with E-state index in [9.17, 15) is 8.42 Å². The van der Waals surface area contributed by atoms with Crippen LogP contribution in [0, 0.1) is 6.92 Å². The highest BCUT2D eigenvalue weighted by Gasteiger charge is 2.12. The predicted molar refractivity (Wildman–Crippen MR) is 142 cm³/mol. The van der Waals surface area contributed by atoms with E-state index in [4.69, 9.17) is 11.5 Å². The monoisotopic (exact) mass is 534 g/mol. The molecule has 0 radical (unpaired) electrons. The lowest BCUT2D eigenvalue weighted by molar-refractivity contribution is 0.551. The number of sulfonamides is 1.